The summed E-state index contributed by atoms with van der Waals surface area (Å²) in [7, 11) is 3.55. The van der Waals surface area contributed by atoms with E-state index in [9.17, 15) is 14.4 Å². The number of hydrogen-bond acceptors (Lipinski definition) is 4. The maximum absolute atomic E-state index is 14.9. The molecule has 31 heavy (non-hydrogen) atoms. The van der Waals surface area contributed by atoms with Gasteiger partial charge in [0.1, 0.15) is 23.2 Å². The largest absolute Gasteiger partial charge is 0.495 e. The van der Waals surface area contributed by atoms with Crippen LogP contribution in [0.5, 0.6) is 5.75 Å². The highest BCUT2D eigenvalue weighted by Gasteiger charge is 2.21. The quantitative estimate of drug-likeness (QED) is 0.630. The number of methoxy groups -OCH3 is 1. The smallest absolute Gasteiger partial charge is 0.408 e. The highest BCUT2D eigenvalue weighted by atomic mass is 19.1. The van der Waals surface area contributed by atoms with E-state index < -0.39 is 23.6 Å². The van der Waals surface area contributed by atoms with Crippen LogP contribution >= 0.6 is 0 Å². The molecule has 1 atom stereocenters. The Bertz CT molecular complexity index is 1160. The average Bonchev–Trinajstić information content (AvgIpc) is 3.08. The van der Waals surface area contributed by atoms with Gasteiger partial charge in [-0.05, 0) is 61.7 Å². The number of nitrogens with one attached hydrogen (secondary N) is 1. The van der Waals surface area contributed by atoms with Gasteiger partial charge in [-0.3, -0.25) is 0 Å². The first-order valence-electron chi connectivity index (χ1n) is 9.93. The molecule has 1 heterocycles. The molecule has 3 aromatic rings. The van der Waals surface area contributed by atoms with Crippen LogP contribution in [-0.4, -0.2) is 29.4 Å². The Hall–Kier alpha value is -3.53. The first-order chi connectivity index (χ1) is 14.6. The number of nitrogens with zero attached hydrogens (tertiary/aromatic N) is 2. The van der Waals surface area contributed by atoms with Crippen LogP contribution in [0, 0.1) is 17.1 Å². The lowest BCUT2D eigenvalue weighted by Crippen LogP contribution is -2.39. The van der Waals surface area contributed by atoms with E-state index in [0.717, 1.165) is 22.2 Å². The zero-order valence-electron chi connectivity index (χ0n) is 18.3. The highest BCUT2D eigenvalue weighted by molar-refractivity contribution is 5.98. The molecular formula is C24H26FN3O3. The van der Waals surface area contributed by atoms with Gasteiger partial charge in [-0.2, -0.15) is 5.26 Å². The van der Waals surface area contributed by atoms with Crippen molar-refractivity contribution < 1.29 is 18.7 Å². The summed E-state index contributed by atoms with van der Waals surface area (Å²) in [4.78, 5) is 11.9. The third-order valence-electron chi connectivity index (χ3n) is 4.85. The van der Waals surface area contributed by atoms with Crippen molar-refractivity contribution in [2.45, 2.75) is 38.8 Å². The summed E-state index contributed by atoms with van der Waals surface area (Å²) in [6.07, 6.45) is 1.26. The van der Waals surface area contributed by atoms with Crippen molar-refractivity contribution in [1.29, 1.82) is 5.26 Å². The Balaban J connectivity index is 1.85. The molecule has 2 aromatic carbocycles. The van der Waals surface area contributed by atoms with Gasteiger partial charge < -0.3 is 19.4 Å². The number of aromatic nitrogens is 1. The Morgan fingerprint density at radius 3 is 2.61 bits per heavy atom. The second kappa shape index (κ2) is 8.68. The lowest BCUT2D eigenvalue weighted by Gasteiger charge is -2.21. The number of rotatable bonds is 5. The van der Waals surface area contributed by atoms with E-state index >= 15 is 0 Å². The van der Waals surface area contributed by atoms with Crippen molar-refractivity contribution >= 4 is 17.0 Å². The Morgan fingerprint density at radius 2 is 2.00 bits per heavy atom. The van der Waals surface area contributed by atoms with E-state index in [2.05, 4.69) is 5.32 Å². The molecule has 1 N–H and O–H groups in total. The van der Waals surface area contributed by atoms with E-state index in [1.165, 1.54) is 6.07 Å². The zero-order valence-corrected chi connectivity index (χ0v) is 18.3. The predicted molar refractivity (Wildman–Crippen MR) is 117 cm³/mol. The summed E-state index contributed by atoms with van der Waals surface area (Å²) >= 11 is 0. The van der Waals surface area contributed by atoms with Crippen LogP contribution in [-0.2, 0) is 18.2 Å². The lowest BCUT2D eigenvalue weighted by atomic mass is 9.98. The summed E-state index contributed by atoms with van der Waals surface area (Å²) in [6.45, 7) is 5.19. The molecule has 1 aromatic heterocycles. The molecule has 1 amide bonds. The van der Waals surface area contributed by atoms with Crippen LogP contribution in [0.2, 0.25) is 0 Å². The van der Waals surface area contributed by atoms with Crippen LogP contribution in [0.4, 0.5) is 9.18 Å². The molecule has 0 aliphatic carbocycles. The number of fused-ring (bicyclic) bond motifs is 1. The third kappa shape index (κ3) is 4.97. The first kappa shape index (κ1) is 22.2. The minimum absolute atomic E-state index is 0.0330. The van der Waals surface area contributed by atoms with Crippen LogP contribution < -0.4 is 10.1 Å². The molecule has 3 rings (SSSR count). The molecule has 7 heteroatoms. The number of aryl methyl sites for hydroxylation is 1. The molecule has 162 valence electrons. The van der Waals surface area contributed by atoms with Gasteiger partial charge in [0, 0.05) is 25.1 Å². The first-order valence-corrected chi connectivity index (χ1v) is 9.93. The predicted octanol–water partition coefficient (Wildman–Crippen LogP) is 4.95. The minimum Gasteiger partial charge on any atom is -0.495 e. The van der Waals surface area contributed by atoms with Gasteiger partial charge in [0.2, 0.25) is 0 Å². The summed E-state index contributed by atoms with van der Waals surface area (Å²) < 4.78 is 27.5. The van der Waals surface area contributed by atoms with E-state index in [-0.39, 0.29) is 6.42 Å². The fourth-order valence-corrected chi connectivity index (χ4v) is 3.48. The van der Waals surface area contributed by atoms with Gasteiger partial charge >= 0.3 is 6.09 Å². The van der Waals surface area contributed by atoms with E-state index in [0.29, 0.717) is 11.1 Å². The average molecular weight is 423 g/mol. The van der Waals surface area contributed by atoms with Gasteiger partial charge in [0.15, 0.2) is 0 Å². The number of carbonyl (C=O) groups excluding carboxylic acids is 1. The summed E-state index contributed by atoms with van der Waals surface area (Å²) in [5, 5.41) is 12.8. The topological polar surface area (TPSA) is 76.3 Å². The van der Waals surface area contributed by atoms with Crippen LogP contribution in [0.25, 0.3) is 22.0 Å². The van der Waals surface area contributed by atoms with Crippen molar-refractivity contribution in [3.63, 3.8) is 0 Å². The second-order valence-corrected chi connectivity index (χ2v) is 8.34. The van der Waals surface area contributed by atoms with Crippen molar-refractivity contribution in [1.82, 2.24) is 9.88 Å². The SMILES string of the molecule is COc1ccc(-c2ccc(C[C@@H](C#N)NC(=O)OC(C)(C)C)c(F)c2)c2ccn(C)c12. The Kier molecular flexibility index (Phi) is 6.21. The molecule has 0 saturated heterocycles. The molecule has 0 radical (unpaired) electrons. The molecule has 0 aliphatic rings. The number of carbonyl (C=O) groups is 1. The number of halogens is 1. The lowest BCUT2D eigenvalue weighted by molar-refractivity contribution is 0.0515. The summed E-state index contributed by atoms with van der Waals surface area (Å²) in [6, 6.07) is 11.7. The normalized spacial score (nSPS) is 12.3. The minimum atomic E-state index is -0.906. The van der Waals surface area contributed by atoms with Crippen molar-refractivity contribution in [2.24, 2.45) is 7.05 Å². The number of benzene rings is 2. The van der Waals surface area contributed by atoms with Crippen LogP contribution in [0.15, 0.2) is 42.6 Å². The number of alkyl carbamates (subject to hydrolysis) is 1. The Labute approximate surface area is 181 Å². The standard InChI is InChI=1S/C24H26FN3O3/c1-24(2,3)31-23(29)27-17(14-26)12-16-7-6-15(13-20(16)25)18-8-9-21(30-5)22-19(18)10-11-28(22)4/h6-11,13,17H,12H2,1-5H3,(H,27,29)/t17-/m0/s1. The molecule has 0 spiro atoms. The monoisotopic (exact) mass is 423 g/mol. The zero-order chi connectivity index (χ0) is 22.8. The number of hydrogen-bond donors (Lipinski definition) is 1. The molecule has 6 nitrogen and oxygen atoms in total. The number of ether oxygens (including phenoxy) is 2. The molecule has 0 unspecified atom stereocenters. The maximum atomic E-state index is 14.9. The van der Waals surface area contributed by atoms with Crippen molar-refractivity contribution in [3.8, 4) is 22.9 Å². The van der Waals surface area contributed by atoms with Gasteiger partial charge in [-0.25, -0.2) is 9.18 Å². The molecule has 0 aliphatic heterocycles. The summed E-state index contributed by atoms with van der Waals surface area (Å²) in [5.41, 5.74) is 2.18. The molecular weight excluding hydrogens is 397 g/mol. The van der Waals surface area contributed by atoms with E-state index in [1.807, 2.05) is 48.1 Å². The van der Waals surface area contributed by atoms with E-state index in [4.69, 9.17) is 9.47 Å². The van der Waals surface area contributed by atoms with Crippen LogP contribution in [0.3, 0.4) is 0 Å². The van der Waals surface area contributed by atoms with Crippen LogP contribution in [0.1, 0.15) is 26.3 Å². The fraction of sp³-hybridized carbons (Fsp3) is 0.333. The van der Waals surface area contributed by atoms with Crippen molar-refractivity contribution in [2.75, 3.05) is 7.11 Å². The van der Waals surface area contributed by atoms with Gasteiger partial charge in [-0.1, -0.05) is 12.1 Å². The van der Waals surface area contributed by atoms with Gasteiger partial charge in [0.05, 0.1) is 18.7 Å². The van der Waals surface area contributed by atoms with Crippen molar-refractivity contribution in [3.05, 3.63) is 54.0 Å². The fourth-order valence-electron chi connectivity index (χ4n) is 3.48. The maximum Gasteiger partial charge on any atom is 0.408 e. The molecule has 0 saturated carbocycles. The molecule has 0 bridgehead atoms. The number of amides is 1. The molecule has 0 fully saturated rings. The number of nitriles is 1. The third-order valence-corrected chi connectivity index (χ3v) is 4.85. The highest BCUT2D eigenvalue weighted by Crippen LogP contribution is 2.35. The second-order valence-electron chi connectivity index (χ2n) is 8.34. The summed E-state index contributed by atoms with van der Waals surface area (Å²) in [5.74, 6) is 0.303. The van der Waals surface area contributed by atoms with E-state index in [1.54, 1.807) is 33.9 Å². The Morgan fingerprint density at radius 1 is 1.26 bits per heavy atom. The van der Waals surface area contributed by atoms with Gasteiger partial charge in [-0.15, -0.1) is 0 Å². The van der Waals surface area contributed by atoms with Gasteiger partial charge in [0.25, 0.3) is 0 Å².